The molecule has 0 atom stereocenters. The summed E-state index contributed by atoms with van der Waals surface area (Å²) in [6.07, 6.45) is 5.27. The first kappa shape index (κ1) is 10.7. The number of hydrogen-bond donors (Lipinski definition) is 1. The van der Waals surface area contributed by atoms with Gasteiger partial charge in [0.25, 0.3) is 0 Å². The Morgan fingerprint density at radius 3 is 2.06 bits per heavy atom. The Bertz CT molecular complexity index is 414. The topological polar surface area (TPSA) is 24.5 Å². The van der Waals surface area contributed by atoms with E-state index in [9.17, 15) is 0 Å². The van der Waals surface area contributed by atoms with Crippen molar-refractivity contribution in [3.05, 3.63) is 24.3 Å². The lowest BCUT2D eigenvalue weighted by Gasteiger charge is -2.58. The Morgan fingerprint density at radius 1 is 1.00 bits per heavy atom. The van der Waals surface area contributed by atoms with Crippen LogP contribution in [0.4, 0.5) is 5.69 Å². The van der Waals surface area contributed by atoms with Crippen LogP contribution < -0.4 is 15.0 Å². The second-order valence-corrected chi connectivity index (χ2v) is 5.92. The molecule has 0 radical (unpaired) electrons. The van der Waals surface area contributed by atoms with E-state index in [4.69, 9.17) is 4.74 Å². The van der Waals surface area contributed by atoms with E-state index >= 15 is 0 Å². The molecule has 1 aromatic rings. The van der Waals surface area contributed by atoms with E-state index in [1.807, 2.05) is 0 Å². The maximum atomic E-state index is 5.25. The first-order valence-electron chi connectivity index (χ1n) is 7.02. The Balaban J connectivity index is 1.63. The van der Waals surface area contributed by atoms with Crippen LogP contribution in [0, 0.1) is 0 Å². The molecule has 0 aliphatic carbocycles. The molecule has 3 nitrogen and oxygen atoms in total. The number of hydrogen-bond acceptors (Lipinski definition) is 3. The van der Waals surface area contributed by atoms with E-state index in [1.54, 1.807) is 7.11 Å². The van der Waals surface area contributed by atoms with Gasteiger partial charge in [0.15, 0.2) is 0 Å². The second kappa shape index (κ2) is 3.89. The van der Waals surface area contributed by atoms with Gasteiger partial charge in [0, 0.05) is 29.9 Å². The van der Waals surface area contributed by atoms with Crippen LogP contribution in [0.3, 0.4) is 0 Å². The molecule has 96 valence electrons. The average molecular weight is 244 g/mol. The zero-order valence-electron chi connectivity index (χ0n) is 10.8. The van der Waals surface area contributed by atoms with Crippen molar-refractivity contribution in [2.45, 2.75) is 49.9 Å². The summed E-state index contributed by atoms with van der Waals surface area (Å²) in [5.74, 6) is 0.949. The van der Waals surface area contributed by atoms with Gasteiger partial charge in [-0.3, -0.25) is 0 Å². The number of benzene rings is 1. The van der Waals surface area contributed by atoms with Crippen molar-refractivity contribution in [2.75, 3.05) is 12.0 Å². The van der Waals surface area contributed by atoms with E-state index < -0.39 is 0 Å². The molecule has 4 bridgehead atoms. The van der Waals surface area contributed by atoms with Gasteiger partial charge in [-0.1, -0.05) is 0 Å². The summed E-state index contributed by atoms with van der Waals surface area (Å²) >= 11 is 0. The Hall–Kier alpha value is -1.22. The van der Waals surface area contributed by atoms with Crippen molar-refractivity contribution in [1.82, 2.24) is 5.32 Å². The minimum absolute atomic E-state index is 0.752. The van der Waals surface area contributed by atoms with Crippen LogP contribution in [0.5, 0.6) is 5.75 Å². The first-order chi connectivity index (χ1) is 8.83. The van der Waals surface area contributed by atoms with Crippen LogP contribution in [0.25, 0.3) is 0 Å². The lowest BCUT2D eigenvalue weighted by molar-refractivity contribution is 0.135. The monoisotopic (exact) mass is 244 g/mol. The highest BCUT2D eigenvalue weighted by molar-refractivity contribution is 5.52. The van der Waals surface area contributed by atoms with Gasteiger partial charge in [-0.25, -0.2) is 0 Å². The van der Waals surface area contributed by atoms with E-state index in [0.29, 0.717) is 0 Å². The molecule has 4 saturated heterocycles. The Morgan fingerprint density at radius 2 is 1.56 bits per heavy atom. The molecule has 3 heteroatoms. The van der Waals surface area contributed by atoms with Gasteiger partial charge in [0.05, 0.1) is 7.11 Å². The number of rotatable bonds is 2. The van der Waals surface area contributed by atoms with Crippen LogP contribution in [0.15, 0.2) is 24.3 Å². The summed E-state index contributed by atoms with van der Waals surface area (Å²) in [4.78, 5) is 2.67. The fourth-order valence-corrected chi connectivity index (χ4v) is 4.23. The summed E-state index contributed by atoms with van der Waals surface area (Å²) in [7, 11) is 1.73. The van der Waals surface area contributed by atoms with Crippen LogP contribution in [0.1, 0.15) is 25.7 Å². The normalized spacial score (nSPS) is 37.1. The van der Waals surface area contributed by atoms with Gasteiger partial charge in [0.2, 0.25) is 0 Å². The predicted octanol–water partition coefficient (Wildman–Crippen LogP) is 2.17. The number of piperidine rings is 4. The second-order valence-electron chi connectivity index (χ2n) is 5.92. The van der Waals surface area contributed by atoms with E-state index in [0.717, 1.165) is 29.9 Å². The summed E-state index contributed by atoms with van der Waals surface area (Å²) in [6, 6.07) is 11.7. The highest BCUT2D eigenvalue weighted by atomic mass is 16.5. The highest BCUT2D eigenvalue weighted by Gasteiger charge is 2.46. The number of methoxy groups -OCH3 is 1. The molecule has 4 heterocycles. The van der Waals surface area contributed by atoms with Gasteiger partial charge >= 0.3 is 0 Å². The number of nitrogens with zero attached hydrogens (tertiary/aromatic N) is 1. The largest absolute Gasteiger partial charge is 0.497 e. The molecule has 18 heavy (non-hydrogen) atoms. The average Bonchev–Trinajstić information content (AvgIpc) is 2.38. The number of anilines is 1. The van der Waals surface area contributed by atoms with Gasteiger partial charge < -0.3 is 15.0 Å². The maximum Gasteiger partial charge on any atom is 0.119 e. The van der Waals surface area contributed by atoms with Crippen LogP contribution in [0.2, 0.25) is 0 Å². The molecule has 1 N–H and O–H groups in total. The molecule has 4 aliphatic heterocycles. The first-order valence-corrected chi connectivity index (χ1v) is 7.02. The SMILES string of the molecule is COc1ccc(N2C3CC4CC2CC(C3)N4)cc1. The van der Waals surface area contributed by atoms with E-state index in [2.05, 4.69) is 34.5 Å². The lowest BCUT2D eigenvalue weighted by atomic mass is 9.74. The zero-order chi connectivity index (χ0) is 12.1. The minimum atomic E-state index is 0.752. The number of nitrogens with one attached hydrogen (secondary N) is 1. The van der Waals surface area contributed by atoms with Crippen molar-refractivity contribution in [3.63, 3.8) is 0 Å². The molecular weight excluding hydrogens is 224 g/mol. The van der Waals surface area contributed by atoms with Gasteiger partial charge in [0.1, 0.15) is 5.75 Å². The molecule has 5 rings (SSSR count). The van der Waals surface area contributed by atoms with Crippen molar-refractivity contribution in [1.29, 1.82) is 0 Å². The number of ether oxygens (including phenoxy) is 1. The van der Waals surface area contributed by atoms with Crippen molar-refractivity contribution >= 4 is 5.69 Å². The third-order valence-corrected chi connectivity index (χ3v) is 4.86. The molecule has 0 unspecified atom stereocenters. The molecule has 0 saturated carbocycles. The fraction of sp³-hybridized carbons (Fsp3) is 0.600. The van der Waals surface area contributed by atoms with Crippen molar-refractivity contribution < 1.29 is 4.74 Å². The van der Waals surface area contributed by atoms with Crippen LogP contribution >= 0.6 is 0 Å². The molecule has 1 aromatic carbocycles. The third-order valence-electron chi connectivity index (χ3n) is 4.86. The summed E-state index contributed by atoms with van der Waals surface area (Å²) in [6.45, 7) is 0. The molecule has 0 spiro atoms. The maximum absolute atomic E-state index is 5.25. The van der Waals surface area contributed by atoms with E-state index in [-0.39, 0.29) is 0 Å². The summed E-state index contributed by atoms with van der Waals surface area (Å²) < 4.78 is 5.25. The minimum Gasteiger partial charge on any atom is -0.497 e. The van der Waals surface area contributed by atoms with Gasteiger partial charge in [-0.05, 0) is 49.9 Å². The Labute approximate surface area is 108 Å². The van der Waals surface area contributed by atoms with Crippen LogP contribution in [-0.2, 0) is 0 Å². The quantitative estimate of drug-likeness (QED) is 0.863. The molecule has 4 fully saturated rings. The van der Waals surface area contributed by atoms with Crippen LogP contribution in [-0.4, -0.2) is 31.3 Å². The zero-order valence-corrected chi connectivity index (χ0v) is 10.8. The van der Waals surface area contributed by atoms with Crippen molar-refractivity contribution in [3.8, 4) is 5.75 Å². The molecular formula is C15H20N2O. The highest BCUT2D eigenvalue weighted by Crippen LogP contribution is 2.41. The van der Waals surface area contributed by atoms with Gasteiger partial charge in [-0.2, -0.15) is 0 Å². The van der Waals surface area contributed by atoms with E-state index in [1.165, 1.54) is 31.4 Å². The van der Waals surface area contributed by atoms with Gasteiger partial charge in [-0.15, -0.1) is 0 Å². The molecule has 0 amide bonds. The summed E-state index contributed by atoms with van der Waals surface area (Å²) in [5, 5.41) is 3.76. The predicted molar refractivity (Wildman–Crippen MR) is 72.2 cm³/mol. The fourth-order valence-electron chi connectivity index (χ4n) is 4.23. The molecule has 0 aromatic heterocycles. The lowest BCUT2D eigenvalue weighted by Crippen LogP contribution is -2.67. The van der Waals surface area contributed by atoms with Crippen molar-refractivity contribution in [2.24, 2.45) is 0 Å². The molecule has 4 aliphatic rings. The Kier molecular flexibility index (Phi) is 2.31. The standard InChI is InChI=1S/C15H20N2O/c1-18-15-4-2-12(3-5-15)17-13-6-10-7-14(17)9-11(8-13)16-10/h2-5,10-11,13-14,16H,6-9H2,1H3. The summed E-state index contributed by atoms with van der Waals surface area (Å²) in [5.41, 5.74) is 1.38. The third kappa shape index (κ3) is 1.53. The smallest absolute Gasteiger partial charge is 0.119 e.